The maximum Gasteiger partial charge on any atom is 0.0797 e. The van der Waals surface area contributed by atoms with Crippen molar-refractivity contribution >= 4 is 5.69 Å². The minimum Gasteiger partial charge on any atom is -0.388 e. The van der Waals surface area contributed by atoms with Crippen LogP contribution in [0.3, 0.4) is 0 Å². The summed E-state index contributed by atoms with van der Waals surface area (Å²) in [6.45, 7) is 8.17. The highest BCUT2D eigenvalue weighted by atomic mass is 16.3. The predicted octanol–water partition coefficient (Wildman–Crippen LogP) is 2.60. The van der Waals surface area contributed by atoms with Gasteiger partial charge in [0.25, 0.3) is 0 Å². The van der Waals surface area contributed by atoms with Crippen LogP contribution in [0, 0.1) is 0 Å². The summed E-state index contributed by atoms with van der Waals surface area (Å²) in [5.74, 6) is 0. The fourth-order valence-electron chi connectivity index (χ4n) is 2.64. The van der Waals surface area contributed by atoms with Crippen LogP contribution in [0.1, 0.15) is 33.3 Å². The molecule has 0 aliphatic carbocycles. The number of nitrogens with zero attached hydrogens (tertiary/aromatic N) is 1. The van der Waals surface area contributed by atoms with Gasteiger partial charge in [0.1, 0.15) is 0 Å². The number of para-hydroxylation sites is 1. The number of aliphatic hydroxyl groups is 1. The summed E-state index contributed by atoms with van der Waals surface area (Å²) in [6.07, 6.45) is 0.942. The maximum absolute atomic E-state index is 10.3. The van der Waals surface area contributed by atoms with Crippen LogP contribution >= 0.6 is 0 Å². The van der Waals surface area contributed by atoms with E-state index in [1.807, 2.05) is 13.8 Å². The Labute approximate surface area is 97.9 Å². The van der Waals surface area contributed by atoms with E-state index in [0.717, 1.165) is 6.42 Å². The molecule has 0 aromatic heterocycles. The Kier molecular flexibility index (Phi) is 2.70. The topological polar surface area (TPSA) is 23.5 Å². The Morgan fingerprint density at radius 3 is 2.50 bits per heavy atom. The molecule has 0 saturated carbocycles. The van der Waals surface area contributed by atoms with Gasteiger partial charge in [-0.05, 0) is 45.7 Å². The van der Waals surface area contributed by atoms with Crippen molar-refractivity contribution in [3.05, 3.63) is 29.8 Å². The van der Waals surface area contributed by atoms with Gasteiger partial charge < -0.3 is 10.0 Å². The van der Waals surface area contributed by atoms with Crippen LogP contribution in [0.2, 0.25) is 0 Å². The number of benzene rings is 1. The van der Waals surface area contributed by atoms with Crippen molar-refractivity contribution < 1.29 is 5.11 Å². The Morgan fingerprint density at radius 2 is 1.94 bits per heavy atom. The number of hydrogen-bond donors (Lipinski definition) is 1. The third-order valence-electron chi connectivity index (χ3n) is 3.39. The smallest absolute Gasteiger partial charge is 0.0797 e. The van der Waals surface area contributed by atoms with E-state index in [1.165, 1.54) is 11.3 Å². The second-order valence-corrected chi connectivity index (χ2v) is 5.50. The van der Waals surface area contributed by atoms with Crippen LogP contribution in [-0.4, -0.2) is 22.8 Å². The third kappa shape index (κ3) is 1.82. The molecule has 1 unspecified atom stereocenters. The SMILES string of the molecule is CC(C)N1c2ccccc2CC1C(C)(C)O. The van der Waals surface area contributed by atoms with Crippen molar-refractivity contribution in [1.29, 1.82) is 0 Å². The van der Waals surface area contributed by atoms with Gasteiger partial charge in [-0.1, -0.05) is 18.2 Å². The fourth-order valence-corrected chi connectivity index (χ4v) is 2.64. The summed E-state index contributed by atoms with van der Waals surface area (Å²) in [6, 6.07) is 9.06. The Hall–Kier alpha value is -1.02. The average molecular weight is 219 g/mol. The van der Waals surface area contributed by atoms with Gasteiger partial charge in [0.15, 0.2) is 0 Å². The fraction of sp³-hybridized carbons (Fsp3) is 0.571. The quantitative estimate of drug-likeness (QED) is 0.826. The van der Waals surface area contributed by atoms with Gasteiger partial charge in [-0.2, -0.15) is 0 Å². The molecule has 1 aromatic rings. The largest absolute Gasteiger partial charge is 0.388 e. The Bertz CT molecular complexity index is 379. The first-order valence-electron chi connectivity index (χ1n) is 6.00. The van der Waals surface area contributed by atoms with Gasteiger partial charge in [-0.25, -0.2) is 0 Å². The summed E-state index contributed by atoms with van der Waals surface area (Å²) >= 11 is 0. The van der Waals surface area contributed by atoms with E-state index in [2.05, 4.69) is 43.0 Å². The van der Waals surface area contributed by atoms with E-state index in [9.17, 15) is 5.11 Å². The average Bonchev–Trinajstić information content (AvgIpc) is 2.55. The van der Waals surface area contributed by atoms with Gasteiger partial charge in [-0.3, -0.25) is 0 Å². The van der Waals surface area contributed by atoms with E-state index < -0.39 is 5.60 Å². The first kappa shape index (κ1) is 11.5. The lowest BCUT2D eigenvalue weighted by molar-refractivity contribution is 0.0498. The highest BCUT2D eigenvalue weighted by Crippen LogP contribution is 2.37. The molecular weight excluding hydrogens is 198 g/mol. The van der Waals surface area contributed by atoms with Gasteiger partial charge in [-0.15, -0.1) is 0 Å². The highest BCUT2D eigenvalue weighted by molar-refractivity contribution is 5.60. The Balaban J connectivity index is 2.42. The van der Waals surface area contributed by atoms with Crippen molar-refractivity contribution in [2.75, 3.05) is 4.90 Å². The van der Waals surface area contributed by atoms with E-state index >= 15 is 0 Å². The lowest BCUT2D eigenvalue weighted by Gasteiger charge is -2.38. The van der Waals surface area contributed by atoms with Gasteiger partial charge in [0.05, 0.1) is 11.6 Å². The maximum atomic E-state index is 10.3. The molecule has 0 fully saturated rings. The predicted molar refractivity (Wildman–Crippen MR) is 67.8 cm³/mol. The minimum atomic E-state index is -0.663. The first-order valence-corrected chi connectivity index (χ1v) is 6.00. The van der Waals surface area contributed by atoms with Crippen molar-refractivity contribution in [2.24, 2.45) is 0 Å². The Morgan fingerprint density at radius 1 is 1.31 bits per heavy atom. The first-order chi connectivity index (χ1) is 7.41. The zero-order valence-corrected chi connectivity index (χ0v) is 10.6. The lowest BCUT2D eigenvalue weighted by atomic mass is 9.94. The number of anilines is 1. The van der Waals surface area contributed by atoms with E-state index in [1.54, 1.807) is 0 Å². The molecule has 1 aliphatic rings. The molecule has 0 saturated heterocycles. The molecule has 2 nitrogen and oxygen atoms in total. The number of fused-ring (bicyclic) bond motifs is 1. The zero-order chi connectivity index (χ0) is 11.9. The van der Waals surface area contributed by atoms with Crippen molar-refractivity contribution in [1.82, 2.24) is 0 Å². The van der Waals surface area contributed by atoms with E-state index in [0.29, 0.717) is 6.04 Å². The summed E-state index contributed by atoms with van der Waals surface area (Å²) in [7, 11) is 0. The monoisotopic (exact) mass is 219 g/mol. The summed E-state index contributed by atoms with van der Waals surface area (Å²) in [4.78, 5) is 2.34. The number of hydrogen-bond acceptors (Lipinski definition) is 2. The van der Waals surface area contributed by atoms with Crippen molar-refractivity contribution in [3.63, 3.8) is 0 Å². The van der Waals surface area contributed by atoms with Crippen LogP contribution in [0.25, 0.3) is 0 Å². The van der Waals surface area contributed by atoms with E-state index in [4.69, 9.17) is 0 Å². The molecule has 2 heteroatoms. The van der Waals surface area contributed by atoms with Crippen LogP contribution in [0.15, 0.2) is 24.3 Å². The molecular formula is C14H21NO. The molecule has 1 aliphatic heterocycles. The van der Waals surface area contributed by atoms with Crippen LogP contribution < -0.4 is 4.90 Å². The molecule has 1 N–H and O–H groups in total. The molecule has 0 amide bonds. The summed E-state index contributed by atoms with van der Waals surface area (Å²) in [5, 5.41) is 10.3. The van der Waals surface area contributed by atoms with Crippen LogP contribution in [0.4, 0.5) is 5.69 Å². The zero-order valence-electron chi connectivity index (χ0n) is 10.6. The molecule has 1 aromatic carbocycles. The lowest BCUT2D eigenvalue weighted by Crippen LogP contribution is -2.50. The summed E-state index contributed by atoms with van der Waals surface area (Å²) < 4.78 is 0. The van der Waals surface area contributed by atoms with Gasteiger partial charge in [0, 0.05) is 11.7 Å². The summed E-state index contributed by atoms with van der Waals surface area (Å²) in [5.41, 5.74) is 1.97. The normalized spacial score (nSPS) is 20.4. The molecule has 1 heterocycles. The van der Waals surface area contributed by atoms with E-state index in [-0.39, 0.29) is 6.04 Å². The highest BCUT2D eigenvalue weighted by Gasteiger charge is 2.39. The number of rotatable bonds is 2. The van der Waals surface area contributed by atoms with Crippen molar-refractivity contribution in [3.8, 4) is 0 Å². The molecule has 16 heavy (non-hydrogen) atoms. The molecule has 0 spiro atoms. The minimum absolute atomic E-state index is 0.185. The molecule has 1 atom stereocenters. The molecule has 88 valence electrons. The molecule has 0 radical (unpaired) electrons. The standard InChI is InChI=1S/C14H21NO/c1-10(2)15-12-8-6-5-7-11(12)9-13(15)14(3,4)16/h5-8,10,13,16H,9H2,1-4H3. The second-order valence-electron chi connectivity index (χ2n) is 5.50. The third-order valence-corrected chi connectivity index (χ3v) is 3.39. The molecule has 2 rings (SSSR count). The van der Waals surface area contributed by atoms with Gasteiger partial charge >= 0.3 is 0 Å². The van der Waals surface area contributed by atoms with Gasteiger partial charge in [0.2, 0.25) is 0 Å². The van der Waals surface area contributed by atoms with Crippen LogP contribution in [0.5, 0.6) is 0 Å². The van der Waals surface area contributed by atoms with Crippen molar-refractivity contribution in [2.45, 2.75) is 51.8 Å². The van der Waals surface area contributed by atoms with Crippen LogP contribution in [-0.2, 0) is 6.42 Å². The molecule has 0 bridgehead atoms. The second kappa shape index (κ2) is 3.77.